The summed E-state index contributed by atoms with van der Waals surface area (Å²) in [6, 6.07) is -0.721. The Balaban J connectivity index is 2.08. The van der Waals surface area contributed by atoms with Gasteiger partial charge in [-0.2, -0.15) is 0 Å². The van der Waals surface area contributed by atoms with Crippen molar-refractivity contribution in [2.75, 3.05) is 13.2 Å². The summed E-state index contributed by atoms with van der Waals surface area (Å²) in [5.41, 5.74) is 0. The Morgan fingerprint density at radius 3 is 1.18 bits per heavy atom. The highest BCUT2D eigenvalue weighted by atomic mass is 16.7. The first-order valence-electron chi connectivity index (χ1n) is 32.8. The molecule has 9 nitrogen and oxygen atoms in total. The van der Waals surface area contributed by atoms with Crippen LogP contribution in [-0.2, 0) is 14.3 Å². The Morgan fingerprint density at radius 2 is 0.795 bits per heavy atom. The van der Waals surface area contributed by atoms with E-state index in [0.717, 1.165) is 83.5 Å². The standard InChI is InChI=1S/C69H123NO8/c1-3-5-7-9-11-13-15-17-19-21-22-23-24-25-26-27-28-29-30-31-32-33-34-35-36-37-38-39-40-41-42-43-45-47-49-51-53-55-57-59-65(73)70-62(61-77-69-68(76)67(75)66(74)64(60-71)78-69)63(72)58-56-54-52-50-48-46-44-20-18-16-14-12-10-8-6-4-2/h5,7,11,13,17,19,22-23,25-26,28-29,31-32,62-64,66-69,71-72,74-76H,3-4,6,8-10,12,14-16,18,20-21,24,27,30,33-61H2,1-2H3,(H,70,73)/b7-5-,13-11-,19-17-,23-22-,26-25-,29-28-,32-31-. The molecule has 452 valence electrons. The van der Waals surface area contributed by atoms with E-state index in [1.807, 2.05) is 0 Å². The molecule has 1 amide bonds. The van der Waals surface area contributed by atoms with Crippen molar-refractivity contribution in [2.45, 2.75) is 333 Å². The van der Waals surface area contributed by atoms with E-state index < -0.39 is 49.5 Å². The van der Waals surface area contributed by atoms with Gasteiger partial charge in [-0.1, -0.05) is 298 Å². The van der Waals surface area contributed by atoms with Gasteiger partial charge in [0.2, 0.25) is 5.91 Å². The van der Waals surface area contributed by atoms with Gasteiger partial charge in [0.15, 0.2) is 6.29 Å². The number of rotatable bonds is 56. The quantitative estimate of drug-likeness (QED) is 0.0261. The van der Waals surface area contributed by atoms with Gasteiger partial charge in [-0.05, 0) is 70.6 Å². The van der Waals surface area contributed by atoms with E-state index in [-0.39, 0.29) is 12.5 Å². The average Bonchev–Trinajstić information content (AvgIpc) is 3.45. The highest BCUT2D eigenvalue weighted by Gasteiger charge is 2.44. The van der Waals surface area contributed by atoms with Gasteiger partial charge in [-0.15, -0.1) is 0 Å². The normalized spacial score (nSPS) is 19.2. The van der Waals surface area contributed by atoms with Gasteiger partial charge in [-0.3, -0.25) is 4.79 Å². The number of amides is 1. The minimum absolute atomic E-state index is 0.138. The third kappa shape index (κ3) is 46.0. The van der Waals surface area contributed by atoms with Crippen LogP contribution in [0.25, 0.3) is 0 Å². The number of hydrogen-bond acceptors (Lipinski definition) is 8. The number of carbonyl (C=O) groups is 1. The van der Waals surface area contributed by atoms with Crippen LogP contribution in [0.1, 0.15) is 290 Å². The van der Waals surface area contributed by atoms with E-state index in [4.69, 9.17) is 9.47 Å². The van der Waals surface area contributed by atoms with E-state index in [2.05, 4.69) is 104 Å². The van der Waals surface area contributed by atoms with Crippen molar-refractivity contribution in [3.8, 4) is 0 Å². The number of aliphatic hydroxyl groups is 5. The molecule has 0 aromatic heterocycles. The molecule has 0 radical (unpaired) electrons. The molecule has 0 aliphatic carbocycles. The zero-order chi connectivity index (χ0) is 56.5. The average molecular weight is 1090 g/mol. The monoisotopic (exact) mass is 1090 g/mol. The van der Waals surface area contributed by atoms with Crippen molar-refractivity contribution in [2.24, 2.45) is 0 Å². The summed E-state index contributed by atoms with van der Waals surface area (Å²) in [7, 11) is 0. The lowest BCUT2D eigenvalue weighted by Gasteiger charge is -2.40. The second-order valence-corrected chi connectivity index (χ2v) is 22.5. The van der Waals surface area contributed by atoms with Crippen molar-refractivity contribution in [1.29, 1.82) is 0 Å². The van der Waals surface area contributed by atoms with Crippen LogP contribution in [0.2, 0.25) is 0 Å². The number of aliphatic hydroxyl groups excluding tert-OH is 5. The Hall–Kier alpha value is -2.63. The first-order valence-corrected chi connectivity index (χ1v) is 32.8. The maximum atomic E-state index is 13.1. The first-order chi connectivity index (χ1) is 38.3. The molecule has 6 N–H and O–H groups in total. The van der Waals surface area contributed by atoms with E-state index >= 15 is 0 Å². The highest BCUT2D eigenvalue weighted by Crippen LogP contribution is 2.23. The van der Waals surface area contributed by atoms with E-state index in [1.165, 1.54) is 180 Å². The Morgan fingerprint density at radius 1 is 0.449 bits per heavy atom. The van der Waals surface area contributed by atoms with Gasteiger partial charge in [0, 0.05) is 6.42 Å². The number of allylic oxidation sites excluding steroid dienone is 14. The molecule has 0 spiro atoms. The van der Waals surface area contributed by atoms with Crippen LogP contribution in [0.5, 0.6) is 0 Å². The van der Waals surface area contributed by atoms with Crippen LogP contribution >= 0.6 is 0 Å². The highest BCUT2D eigenvalue weighted by molar-refractivity contribution is 5.76. The van der Waals surface area contributed by atoms with Crippen LogP contribution in [0.3, 0.4) is 0 Å². The van der Waals surface area contributed by atoms with Crippen LogP contribution in [0, 0.1) is 0 Å². The molecule has 1 fully saturated rings. The van der Waals surface area contributed by atoms with Crippen molar-refractivity contribution in [1.82, 2.24) is 5.32 Å². The molecule has 1 aliphatic heterocycles. The minimum atomic E-state index is -1.56. The summed E-state index contributed by atoms with van der Waals surface area (Å²) in [6.45, 7) is 3.74. The van der Waals surface area contributed by atoms with Gasteiger partial charge in [0.05, 0.1) is 25.4 Å². The van der Waals surface area contributed by atoms with E-state index in [1.54, 1.807) is 0 Å². The fourth-order valence-electron chi connectivity index (χ4n) is 10.1. The van der Waals surface area contributed by atoms with Crippen LogP contribution in [-0.4, -0.2) is 87.5 Å². The van der Waals surface area contributed by atoms with Gasteiger partial charge < -0.3 is 40.3 Å². The van der Waals surface area contributed by atoms with Crippen LogP contribution in [0.15, 0.2) is 85.1 Å². The van der Waals surface area contributed by atoms with Crippen molar-refractivity contribution in [3.63, 3.8) is 0 Å². The lowest BCUT2D eigenvalue weighted by molar-refractivity contribution is -0.302. The van der Waals surface area contributed by atoms with Gasteiger partial charge in [-0.25, -0.2) is 0 Å². The largest absolute Gasteiger partial charge is 0.394 e. The molecule has 0 bridgehead atoms. The Bertz CT molecular complexity index is 1500. The predicted octanol–water partition coefficient (Wildman–Crippen LogP) is 17.4. The second-order valence-electron chi connectivity index (χ2n) is 22.5. The number of carbonyl (C=O) groups excluding carboxylic acids is 1. The Kier molecular flexibility index (Phi) is 54.2. The van der Waals surface area contributed by atoms with Gasteiger partial charge in [0.1, 0.15) is 24.4 Å². The summed E-state index contributed by atoms with van der Waals surface area (Å²) in [6.07, 6.45) is 74.9. The summed E-state index contributed by atoms with van der Waals surface area (Å²) in [5, 5.41) is 54.8. The van der Waals surface area contributed by atoms with Crippen molar-refractivity contribution in [3.05, 3.63) is 85.1 Å². The molecular formula is C69H123NO8. The van der Waals surface area contributed by atoms with Gasteiger partial charge >= 0.3 is 0 Å². The first kappa shape index (κ1) is 73.4. The lowest BCUT2D eigenvalue weighted by Crippen LogP contribution is -2.60. The van der Waals surface area contributed by atoms with Crippen LogP contribution < -0.4 is 5.32 Å². The van der Waals surface area contributed by atoms with Crippen molar-refractivity contribution < 1.29 is 39.8 Å². The molecule has 78 heavy (non-hydrogen) atoms. The molecule has 7 unspecified atom stereocenters. The lowest BCUT2D eigenvalue weighted by atomic mass is 9.99. The summed E-state index contributed by atoms with van der Waals surface area (Å²) < 4.78 is 11.3. The smallest absolute Gasteiger partial charge is 0.220 e. The molecule has 1 saturated heterocycles. The molecule has 0 aromatic carbocycles. The number of nitrogens with one attached hydrogen (secondary N) is 1. The molecule has 7 atom stereocenters. The van der Waals surface area contributed by atoms with Gasteiger partial charge in [0.25, 0.3) is 0 Å². The zero-order valence-corrected chi connectivity index (χ0v) is 50.4. The molecule has 1 aliphatic rings. The van der Waals surface area contributed by atoms with Crippen molar-refractivity contribution >= 4 is 5.91 Å². The Labute approximate surface area is 480 Å². The van der Waals surface area contributed by atoms with E-state index in [0.29, 0.717) is 12.8 Å². The second kappa shape index (κ2) is 57.6. The SMILES string of the molecule is CC/C=C\C/C=C\C/C=C\C/C=C\C/C=C\C/C=C\C/C=C\CCCCCCCCCCCCCCCCCCCC(=O)NC(COC1OC(CO)C(O)C(O)C1O)C(O)CCCCCCCCCCCCCCCCCC. The summed E-state index contributed by atoms with van der Waals surface area (Å²) >= 11 is 0. The molecule has 1 heterocycles. The third-order valence-electron chi connectivity index (χ3n) is 15.3. The number of ether oxygens (including phenoxy) is 2. The topological polar surface area (TPSA) is 149 Å². The third-order valence-corrected chi connectivity index (χ3v) is 15.3. The molecule has 0 saturated carbocycles. The predicted molar refractivity (Wildman–Crippen MR) is 332 cm³/mol. The minimum Gasteiger partial charge on any atom is -0.394 e. The summed E-state index contributed by atoms with van der Waals surface area (Å²) in [4.78, 5) is 13.1. The maximum Gasteiger partial charge on any atom is 0.220 e. The molecule has 1 rings (SSSR count). The maximum absolute atomic E-state index is 13.1. The van der Waals surface area contributed by atoms with E-state index in [9.17, 15) is 30.3 Å². The molecular weight excluding hydrogens is 971 g/mol. The fraction of sp³-hybridized carbons (Fsp3) is 0.783. The summed E-state index contributed by atoms with van der Waals surface area (Å²) in [5.74, 6) is -0.143. The number of unbranched alkanes of at least 4 members (excludes halogenated alkanes) is 32. The molecule has 0 aromatic rings. The zero-order valence-electron chi connectivity index (χ0n) is 50.4. The van der Waals surface area contributed by atoms with Crippen LogP contribution in [0.4, 0.5) is 0 Å². The fourth-order valence-corrected chi connectivity index (χ4v) is 10.1. The number of hydrogen-bond donors (Lipinski definition) is 6. The molecule has 9 heteroatoms.